The van der Waals surface area contributed by atoms with Crippen LogP contribution < -0.4 is 4.90 Å². The van der Waals surface area contributed by atoms with Gasteiger partial charge in [-0.05, 0) is 36.3 Å². The summed E-state index contributed by atoms with van der Waals surface area (Å²) >= 11 is 0. The van der Waals surface area contributed by atoms with Gasteiger partial charge in [0.15, 0.2) is 6.54 Å². The van der Waals surface area contributed by atoms with E-state index in [-0.39, 0.29) is 5.91 Å². The molecule has 0 aromatic heterocycles. The number of piperidine rings is 1. The van der Waals surface area contributed by atoms with Crippen molar-refractivity contribution in [1.82, 2.24) is 9.21 Å². The van der Waals surface area contributed by atoms with Gasteiger partial charge in [-0.1, -0.05) is 49.6 Å². The molecule has 1 amide bonds. The molecule has 1 aliphatic carbocycles. The molecule has 0 bridgehead atoms. The average molecular weight is 433 g/mol. The van der Waals surface area contributed by atoms with Crippen molar-refractivity contribution in [3.05, 3.63) is 41.3 Å². The van der Waals surface area contributed by atoms with Crippen molar-refractivity contribution in [3.63, 3.8) is 0 Å². The third kappa shape index (κ3) is 5.31. The highest BCUT2D eigenvalue weighted by Gasteiger charge is 2.35. The zero-order chi connectivity index (χ0) is 21.0. The summed E-state index contributed by atoms with van der Waals surface area (Å²) < 4.78 is 26.8. The van der Waals surface area contributed by atoms with Gasteiger partial charge in [0.2, 0.25) is 10.0 Å². The SMILES string of the molecule is O=C(C[NH+]1CCN(S(=O)(=O)/C=C/c2ccccc2)CC1)N1CC[C@@H]2CCCC[C@H]2C1. The molecule has 0 radical (unpaired) electrons. The lowest BCUT2D eigenvalue weighted by Crippen LogP contribution is -3.15. The van der Waals surface area contributed by atoms with Gasteiger partial charge in [-0.15, -0.1) is 0 Å². The van der Waals surface area contributed by atoms with Crippen LogP contribution in [0.25, 0.3) is 6.08 Å². The van der Waals surface area contributed by atoms with Crippen molar-refractivity contribution in [3.8, 4) is 0 Å². The molecule has 3 aliphatic rings. The second kappa shape index (κ2) is 9.62. The molecule has 3 fully saturated rings. The molecule has 2 heterocycles. The Morgan fingerprint density at radius 2 is 1.70 bits per heavy atom. The Morgan fingerprint density at radius 3 is 2.43 bits per heavy atom. The Hall–Kier alpha value is -1.70. The summed E-state index contributed by atoms with van der Waals surface area (Å²) in [6.07, 6.45) is 8.08. The van der Waals surface area contributed by atoms with Crippen LogP contribution in [-0.4, -0.2) is 69.3 Å². The largest absolute Gasteiger partial charge is 0.338 e. The van der Waals surface area contributed by atoms with Crippen molar-refractivity contribution in [2.75, 3.05) is 45.8 Å². The highest BCUT2D eigenvalue weighted by Crippen LogP contribution is 2.35. The molecule has 2 aliphatic heterocycles. The van der Waals surface area contributed by atoms with Gasteiger partial charge in [-0.3, -0.25) is 4.79 Å². The Kier molecular flexibility index (Phi) is 6.91. The predicted octanol–water partition coefficient (Wildman–Crippen LogP) is 1.23. The molecule has 1 saturated carbocycles. The topological polar surface area (TPSA) is 62.1 Å². The number of quaternary nitrogens is 1. The number of piperazine rings is 1. The molecule has 6 nitrogen and oxygen atoms in total. The van der Waals surface area contributed by atoms with Crippen LogP contribution in [-0.2, 0) is 14.8 Å². The standard InChI is InChI=1S/C23H33N3O3S/c27-23(25-12-10-21-8-4-5-9-22(21)18-25)19-24-13-15-26(16-14-24)30(28,29)17-11-20-6-2-1-3-7-20/h1-3,6-7,11,17,21-22H,4-5,8-10,12-16,18-19H2/p+1/b17-11+/t21-,22-/m0/s1. The molecule has 2 saturated heterocycles. The molecule has 1 aromatic rings. The van der Waals surface area contributed by atoms with E-state index in [2.05, 4.69) is 4.90 Å². The minimum Gasteiger partial charge on any atom is -0.338 e. The number of carbonyl (C=O) groups excluding carboxylic acids is 1. The first-order valence-corrected chi connectivity index (χ1v) is 12.9. The van der Waals surface area contributed by atoms with E-state index in [9.17, 15) is 13.2 Å². The minimum absolute atomic E-state index is 0.245. The van der Waals surface area contributed by atoms with Crippen LogP contribution in [0.2, 0.25) is 0 Å². The Bertz CT molecular complexity index is 848. The fraction of sp³-hybridized carbons (Fsp3) is 0.609. The molecule has 0 unspecified atom stereocenters. The number of hydrogen-bond donors (Lipinski definition) is 1. The quantitative estimate of drug-likeness (QED) is 0.761. The number of fused-ring (bicyclic) bond motifs is 1. The molecular formula is C23H34N3O3S+. The summed E-state index contributed by atoms with van der Waals surface area (Å²) in [5.41, 5.74) is 0.873. The molecule has 0 spiro atoms. The second-order valence-corrected chi connectivity index (χ2v) is 10.8. The van der Waals surface area contributed by atoms with Crippen LogP contribution in [0.4, 0.5) is 0 Å². The van der Waals surface area contributed by atoms with Gasteiger partial charge >= 0.3 is 0 Å². The van der Waals surface area contributed by atoms with Crippen molar-refractivity contribution in [2.45, 2.75) is 32.1 Å². The van der Waals surface area contributed by atoms with Gasteiger partial charge < -0.3 is 9.80 Å². The molecule has 164 valence electrons. The van der Waals surface area contributed by atoms with E-state index in [0.29, 0.717) is 38.6 Å². The van der Waals surface area contributed by atoms with Crippen LogP contribution in [0.5, 0.6) is 0 Å². The zero-order valence-electron chi connectivity index (χ0n) is 17.7. The smallest absolute Gasteiger partial charge is 0.277 e. The van der Waals surface area contributed by atoms with E-state index in [0.717, 1.165) is 31.0 Å². The summed E-state index contributed by atoms with van der Waals surface area (Å²) in [4.78, 5) is 16.1. The van der Waals surface area contributed by atoms with E-state index < -0.39 is 10.0 Å². The molecular weight excluding hydrogens is 398 g/mol. The number of nitrogens with one attached hydrogen (secondary N) is 1. The third-order valence-corrected chi connectivity index (χ3v) is 8.63. The van der Waals surface area contributed by atoms with Crippen LogP contribution in [0, 0.1) is 11.8 Å². The Labute approximate surface area is 180 Å². The molecule has 30 heavy (non-hydrogen) atoms. The van der Waals surface area contributed by atoms with Gasteiger partial charge in [0.1, 0.15) is 0 Å². The summed E-state index contributed by atoms with van der Waals surface area (Å²) in [6.45, 7) is 4.63. The lowest BCUT2D eigenvalue weighted by Gasteiger charge is -2.41. The fourth-order valence-corrected chi connectivity index (χ4v) is 6.39. The maximum absolute atomic E-state index is 12.8. The number of carbonyl (C=O) groups is 1. The monoisotopic (exact) mass is 432 g/mol. The number of nitrogens with zero attached hydrogens (tertiary/aromatic N) is 2. The lowest BCUT2D eigenvalue weighted by molar-refractivity contribution is -0.896. The van der Waals surface area contributed by atoms with E-state index in [1.54, 1.807) is 6.08 Å². The maximum Gasteiger partial charge on any atom is 0.277 e. The minimum atomic E-state index is -3.42. The van der Waals surface area contributed by atoms with Crippen molar-refractivity contribution < 1.29 is 18.1 Å². The van der Waals surface area contributed by atoms with Crippen molar-refractivity contribution >= 4 is 22.0 Å². The predicted molar refractivity (Wildman–Crippen MR) is 118 cm³/mol. The first-order valence-electron chi connectivity index (χ1n) is 11.4. The van der Waals surface area contributed by atoms with E-state index in [1.165, 1.54) is 40.3 Å². The molecule has 2 atom stereocenters. The normalized spacial score (nSPS) is 26.6. The summed E-state index contributed by atoms with van der Waals surface area (Å²) in [6, 6.07) is 9.46. The number of sulfonamides is 1. The van der Waals surface area contributed by atoms with Gasteiger partial charge in [-0.25, -0.2) is 8.42 Å². The van der Waals surface area contributed by atoms with E-state index in [1.807, 2.05) is 30.3 Å². The fourth-order valence-electron chi connectivity index (χ4n) is 5.20. The van der Waals surface area contributed by atoms with Gasteiger partial charge in [0, 0.05) is 18.5 Å². The molecule has 1 N–H and O–H groups in total. The number of rotatable bonds is 5. The van der Waals surface area contributed by atoms with Crippen LogP contribution in [0.1, 0.15) is 37.7 Å². The van der Waals surface area contributed by atoms with E-state index >= 15 is 0 Å². The number of benzene rings is 1. The molecule has 7 heteroatoms. The number of likely N-dealkylation sites (tertiary alicyclic amines) is 1. The van der Waals surface area contributed by atoms with Crippen LogP contribution >= 0.6 is 0 Å². The van der Waals surface area contributed by atoms with Crippen molar-refractivity contribution in [1.29, 1.82) is 0 Å². The first-order chi connectivity index (χ1) is 14.5. The van der Waals surface area contributed by atoms with Crippen LogP contribution in [0.3, 0.4) is 0 Å². The first kappa shape index (κ1) is 21.5. The van der Waals surface area contributed by atoms with Gasteiger partial charge in [-0.2, -0.15) is 4.31 Å². The highest BCUT2D eigenvalue weighted by molar-refractivity contribution is 7.92. The highest BCUT2D eigenvalue weighted by atomic mass is 32.2. The zero-order valence-corrected chi connectivity index (χ0v) is 18.5. The summed E-state index contributed by atoms with van der Waals surface area (Å²) in [5, 5.41) is 1.30. The number of amides is 1. The summed E-state index contributed by atoms with van der Waals surface area (Å²) in [7, 11) is -3.42. The van der Waals surface area contributed by atoms with Crippen LogP contribution in [0.15, 0.2) is 35.7 Å². The van der Waals surface area contributed by atoms with Crippen molar-refractivity contribution in [2.24, 2.45) is 11.8 Å². The maximum atomic E-state index is 12.8. The van der Waals surface area contributed by atoms with Gasteiger partial charge in [0.05, 0.1) is 26.2 Å². The second-order valence-electron chi connectivity index (χ2n) is 9.02. The number of hydrogen-bond acceptors (Lipinski definition) is 3. The molecule has 4 rings (SSSR count). The van der Waals surface area contributed by atoms with Gasteiger partial charge in [0.25, 0.3) is 5.91 Å². The molecule has 1 aromatic carbocycles. The summed E-state index contributed by atoms with van der Waals surface area (Å²) in [5.74, 6) is 1.77. The van der Waals surface area contributed by atoms with E-state index in [4.69, 9.17) is 0 Å². The lowest BCUT2D eigenvalue weighted by atomic mass is 9.75. The average Bonchev–Trinajstić information content (AvgIpc) is 2.78. The Balaban J connectivity index is 1.25. The Morgan fingerprint density at radius 1 is 1.00 bits per heavy atom. The third-order valence-electron chi connectivity index (χ3n) is 7.07.